The van der Waals surface area contributed by atoms with Crippen molar-refractivity contribution in [3.63, 3.8) is 0 Å². The van der Waals surface area contributed by atoms with Gasteiger partial charge in [-0.2, -0.15) is 0 Å². The average molecular weight is 479 g/mol. The second-order valence-electron chi connectivity index (χ2n) is 7.22. The highest BCUT2D eigenvalue weighted by Crippen LogP contribution is 2.29. The fourth-order valence-corrected chi connectivity index (χ4v) is 5.40. The zero-order chi connectivity index (χ0) is 22.3. The Bertz CT molecular complexity index is 1060. The minimum absolute atomic E-state index is 0.169. The fourth-order valence-electron chi connectivity index (χ4n) is 3.37. The summed E-state index contributed by atoms with van der Waals surface area (Å²) in [6.07, 6.45) is 11.3. The summed E-state index contributed by atoms with van der Waals surface area (Å²) >= 11 is 7.47. The zero-order valence-electron chi connectivity index (χ0n) is 17.5. The predicted octanol–water partition coefficient (Wildman–Crippen LogP) is 5.31. The van der Waals surface area contributed by atoms with Crippen LogP contribution in [0.1, 0.15) is 44.5 Å². The van der Waals surface area contributed by atoms with Crippen molar-refractivity contribution in [1.82, 2.24) is 19.5 Å². The molecule has 0 amide bonds. The SMILES string of the molecule is C=CCSc1nnc([C@@H](CC2=CC=CCC2)NS(=O)(=O)c2ccc(Cl)cc2)n1CCC. The van der Waals surface area contributed by atoms with Crippen molar-refractivity contribution < 1.29 is 8.42 Å². The average Bonchev–Trinajstić information content (AvgIpc) is 3.15. The number of hydrogen-bond acceptors (Lipinski definition) is 5. The molecule has 0 saturated heterocycles. The first kappa shape index (κ1) is 23.8. The first-order valence-electron chi connectivity index (χ1n) is 10.2. The molecule has 1 aromatic carbocycles. The number of sulfonamides is 1. The zero-order valence-corrected chi connectivity index (χ0v) is 19.9. The molecule has 0 spiro atoms. The molecule has 0 radical (unpaired) electrons. The molecular weight excluding hydrogens is 452 g/mol. The van der Waals surface area contributed by atoms with E-state index in [1.54, 1.807) is 23.9 Å². The highest BCUT2D eigenvalue weighted by Gasteiger charge is 2.28. The molecule has 0 bridgehead atoms. The number of halogens is 1. The Morgan fingerprint density at radius 1 is 1.32 bits per heavy atom. The van der Waals surface area contributed by atoms with E-state index in [1.165, 1.54) is 17.7 Å². The van der Waals surface area contributed by atoms with Crippen LogP contribution in [-0.2, 0) is 16.6 Å². The summed E-state index contributed by atoms with van der Waals surface area (Å²) < 4.78 is 31.2. The van der Waals surface area contributed by atoms with Crippen LogP contribution in [0.5, 0.6) is 0 Å². The van der Waals surface area contributed by atoms with Gasteiger partial charge >= 0.3 is 0 Å². The first-order chi connectivity index (χ1) is 14.9. The molecule has 31 heavy (non-hydrogen) atoms. The maximum atomic E-state index is 13.2. The van der Waals surface area contributed by atoms with Crippen LogP contribution in [-0.4, -0.2) is 28.9 Å². The second kappa shape index (κ2) is 11.1. The van der Waals surface area contributed by atoms with Crippen molar-refractivity contribution in [2.45, 2.75) is 55.2 Å². The molecular formula is C22H27ClN4O2S2. The third-order valence-corrected chi connectivity index (χ3v) is 7.52. The molecule has 1 atom stereocenters. The summed E-state index contributed by atoms with van der Waals surface area (Å²) in [5.41, 5.74) is 1.18. The van der Waals surface area contributed by atoms with Gasteiger partial charge in [0.05, 0.1) is 10.9 Å². The van der Waals surface area contributed by atoms with E-state index in [9.17, 15) is 8.42 Å². The van der Waals surface area contributed by atoms with Crippen LogP contribution < -0.4 is 4.72 Å². The first-order valence-corrected chi connectivity index (χ1v) is 13.1. The predicted molar refractivity (Wildman–Crippen MR) is 127 cm³/mol. The van der Waals surface area contributed by atoms with Gasteiger partial charge in [-0.05, 0) is 49.9 Å². The summed E-state index contributed by atoms with van der Waals surface area (Å²) in [4.78, 5) is 0.169. The lowest BCUT2D eigenvalue weighted by Gasteiger charge is -2.21. The summed E-state index contributed by atoms with van der Waals surface area (Å²) in [5.74, 6) is 1.33. The third kappa shape index (κ3) is 6.32. The van der Waals surface area contributed by atoms with Crippen molar-refractivity contribution >= 4 is 33.4 Å². The normalized spacial score (nSPS) is 15.0. The lowest BCUT2D eigenvalue weighted by molar-refractivity contribution is 0.502. The van der Waals surface area contributed by atoms with Crippen LogP contribution >= 0.6 is 23.4 Å². The van der Waals surface area contributed by atoms with Crippen LogP contribution in [0.4, 0.5) is 0 Å². The molecule has 2 aromatic rings. The van der Waals surface area contributed by atoms with Gasteiger partial charge in [-0.25, -0.2) is 13.1 Å². The van der Waals surface area contributed by atoms with Crippen LogP contribution in [0.3, 0.4) is 0 Å². The smallest absolute Gasteiger partial charge is 0.241 e. The van der Waals surface area contributed by atoms with Crippen molar-refractivity contribution in [3.8, 4) is 0 Å². The fraction of sp³-hybridized carbons (Fsp3) is 0.364. The Hall–Kier alpha value is -1.87. The lowest BCUT2D eigenvalue weighted by atomic mass is 9.98. The highest BCUT2D eigenvalue weighted by molar-refractivity contribution is 7.99. The molecule has 0 aliphatic heterocycles. The number of allylic oxidation sites excluding steroid dienone is 3. The molecule has 166 valence electrons. The van der Waals surface area contributed by atoms with E-state index in [0.717, 1.165) is 24.4 Å². The molecule has 1 aliphatic carbocycles. The number of nitrogens with zero attached hydrogens (tertiary/aromatic N) is 3. The minimum atomic E-state index is -3.77. The summed E-state index contributed by atoms with van der Waals surface area (Å²) in [6, 6.07) is 5.63. The summed E-state index contributed by atoms with van der Waals surface area (Å²) in [5, 5.41) is 10.0. The van der Waals surface area contributed by atoms with Crippen molar-refractivity contribution in [3.05, 3.63) is 71.6 Å². The minimum Gasteiger partial charge on any atom is -0.305 e. The molecule has 9 heteroatoms. The molecule has 0 fully saturated rings. The number of rotatable bonds is 11. The van der Waals surface area contributed by atoms with Crippen LogP contribution in [0.15, 0.2) is 70.8 Å². The van der Waals surface area contributed by atoms with Gasteiger partial charge in [-0.3, -0.25) is 0 Å². The topological polar surface area (TPSA) is 76.9 Å². The van der Waals surface area contributed by atoms with Gasteiger partial charge in [0.1, 0.15) is 0 Å². The quantitative estimate of drug-likeness (QED) is 0.350. The van der Waals surface area contributed by atoms with Gasteiger partial charge in [0.2, 0.25) is 10.0 Å². The molecule has 0 saturated carbocycles. The van der Waals surface area contributed by atoms with E-state index in [-0.39, 0.29) is 4.90 Å². The van der Waals surface area contributed by atoms with Crippen LogP contribution in [0.2, 0.25) is 5.02 Å². The number of aromatic nitrogens is 3. The monoisotopic (exact) mass is 478 g/mol. The number of benzene rings is 1. The molecule has 1 aliphatic rings. The van der Waals surface area contributed by atoms with E-state index >= 15 is 0 Å². The van der Waals surface area contributed by atoms with E-state index in [4.69, 9.17) is 11.6 Å². The lowest BCUT2D eigenvalue weighted by Crippen LogP contribution is -2.31. The van der Waals surface area contributed by atoms with Crippen LogP contribution in [0.25, 0.3) is 0 Å². The van der Waals surface area contributed by atoms with Crippen molar-refractivity contribution in [1.29, 1.82) is 0 Å². The Labute approximate surface area is 193 Å². The number of thioether (sulfide) groups is 1. The van der Waals surface area contributed by atoms with Gasteiger partial charge in [0, 0.05) is 17.3 Å². The van der Waals surface area contributed by atoms with Crippen LogP contribution in [0, 0.1) is 0 Å². The maximum absolute atomic E-state index is 13.2. The van der Waals surface area contributed by atoms with Gasteiger partial charge in [-0.15, -0.1) is 16.8 Å². The molecule has 6 nitrogen and oxygen atoms in total. The number of nitrogens with one attached hydrogen (secondary N) is 1. The molecule has 1 aromatic heterocycles. The molecule has 1 N–H and O–H groups in total. The third-order valence-electron chi connectivity index (χ3n) is 4.82. The Balaban J connectivity index is 1.97. The van der Waals surface area contributed by atoms with Crippen molar-refractivity contribution in [2.75, 3.05) is 5.75 Å². The Kier molecular flexibility index (Phi) is 8.54. The van der Waals surface area contributed by atoms with Gasteiger partial charge < -0.3 is 4.57 Å². The number of hydrogen-bond donors (Lipinski definition) is 1. The molecule has 0 unspecified atom stereocenters. The second-order valence-corrected chi connectivity index (χ2v) is 10.4. The summed E-state index contributed by atoms with van der Waals surface area (Å²) in [7, 11) is -3.77. The standard InChI is InChI=1S/C22H27ClN4O2S2/c1-3-14-27-21(24-25-22(27)30-15-4-2)20(16-17-8-6-5-7-9-17)26-31(28,29)19-12-10-18(23)11-13-19/h4-6,8,10-13,20,26H,2-3,7,9,14-16H2,1H3/t20-/m1/s1. The van der Waals surface area contributed by atoms with E-state index in [0.29, 0.717) is 29.6 Å². The van der Waals surface area contributed by atoms with Crippen molar-refractivity contribution in [2.24, 2.45) is 0 Å². The highest BCUT2D eigenvalue weighted by atomic mass is 35.5. The maximum Gasteiger partial charge on any atom is 0.241 e. The molecule has 3 rings (SSSR count). The summed E-state index contributed by atoms with van der Waals surface area (Å²) in [6.45, 7) is 6.55. The van der Waals surface area contributed by atoms with Gasteiger partial charge in [0.15, 0.2) is 11.0 Å². The van der Waals surface area contributed by atoms with Gasteiger partial charge in [0.25, 0.3) is 0 Å². The largest absolute Gasteiger partial charge is 0.305 e. The Morgan fingerprint density at radius 3 is 2.74 bits per heavy atom. The van der Waals surface area contributed by atoms with E-state index in [2.05, 4.69) is 40.6 Å². The Morgan fingerprint density at radius 2 is 2.10 bits per heavy atom. The van der Waals surface area contributed by atoms with Gasteiger partial charge in [-0.1, -0.05) is 60.2 Å². The van der Waals surface area contributed by atoms with E-state index in [1.807, 2.05) is 16.7 Å². The molecule has 1 heterocycles. The van der Waals surface area contributed by atoms with E-state index < -0.39 is 16.1 Å².